The van der Waals surface area contributed by atoms with E-state index in [1.165, 1.54) is 12.1 Å². The smallest absolute Gasteiger partial charge is 0.356 e. The summed E-state index contributed by atoms with van der Waals surface area (Å²) < 4.78 is 5.19. The van der Waals surface area contributed by atoms with Crippen LogP contribution in [-0.4, -0.2) is 54.5 Å². The monoisotopic (exact) mass is 452 g/mol. The lowest BCUT2D eigenvalue weighted by Gasteiger charge is -2.21. The van der Waals surface area contributed by atoms with Crippen LogP contribution in [0.2, 0.25) is 0 Å². The van der Waals surface area contributed by atoms with E-state index in [1.54, 1.807) is 39.0 Å². The van der Waals surface area contributed by atoms with Gasteiger partial charge in [-0.05, 0) is 39.3 Å². The predicted molar refractivity (Wildman–Crippen MR) is 110 cm³/mol. The quantitative estimate of drug-likeness (QED) is 0.184. The van der Waals surface area contributed by atoms with E-state index in [9.17, 15) is 24.0 Å². The molecule has 0 aromatic heterocycles. The first-order valence-corrected chi connectivity index (χ1v) is 9.70. The molecule has 2 amide bonds. The number of carbonyl (C=O) groups is 5. The molecule has 0 aliphatic heterocycles. The third kappa shape index (κ3) is 11.6. The molecule has 176 valence electrons. The highest BCUT2D eigenvalue weighted by molar-refractivity contribution is 5.89. The van der Waals surface area contributed by atoms with Crippen molar-refractivity contribution in [1.82, 2.24) is 16.3 Å². The zero-order chi connectivity index (χ0) is 24.1. The molecule has 1 unspecified atom stereocenters. The summed E-state index contributed by atoms with van der Waals surface area (Å²) >= 11 is 0. The van der Waals surface area contributed by atoms with Crippen molar-refractivity contribution in [2.24, 2.45) is 5.73 Å². The van der Waals surface area contributed by atoms with Crippen LogP contribution in [0.25, 0.3) is 0 Å². The predicted octanol–water partition coefficient (Wildman–Crippen LogP) is -0.512. The summed E-state index contributed by atoms with van der Waals surface area (Å²) in [5.41, 5.74) is 8.84. The van der Waals surface area contributed by atoms with Gasteiger partial charge in [-0.2, -0.15) is 0 Å². The van der Waals surface area contributed by atoms with E-state index >= 15 is 0 Å². The van der Waals surface area contributed by atoms with Gasteiger partial charge in [-0.3, -0.25) is 14.4 Å². The van der Waals surface area contributed by atoms with Gasteiger partial charge in [0, 0.05) is 6.42 Å². The maximum Gasteiger partial charge on any atom is 0.356 e. The van der Waals surface area contributed by atoms with E-state index in [2.05, 4.69) is 16.3 Å². The summed E-state index contributed by atoms with van der Waals surface area (Å²) in [5, 5.41) is 2.19. The van der Waals surface area contributed by atoms with E-state index in [1.807, 2.05) is 0 Å². The zero-order valence-electron chi connectivity index (χ0n) is 18.1. The highest BCUT2D eigenvalue weighted by atomic mass is 16.7. The number of carbonyl (C=O) groups excluding carboxylic acids is 5. The molecule has 1 aromatic carbocycles. The third-order valence-corrected chi connectivity index (χ3v) is 3.51. The molecule has 0 radical (unpaired) electrons. The Hall–Kier alpha value is -3.51. The van der Waals surface area contributed by atoms with Crippen LogP contribution in [0.3, 0.4) is 0 Å². The third-order valence-electron chi connectivity index (χ3n) is 3.51. The highest BCUT2D eigenvalue weighted by Crippen LogP contribution is 2.11. The Morgan fingerprint density at radius 3 is 2.25 bits per heavy atom. The SMILES string of the molecule is CC(C)(C)OC(=O)CCC(NOC(=O)c1ccccc1)C(=O)ONCC(=O)NCC(N)=O. The van der Waals surface area contributed by atoms with Gasteiger partial charge in [-0.1, -0.05) is 18.2 Å². The lowest BCUT2D eigenvalue weighted by molar-refractivity contribution is -0.159. The number of esters is 1. The number of primary amides is 1. The van der Waals surface area contributed by atoms with Crippen molar-refractivity contribution in [3.8, 4) is 0 Å². The second-order valence-corrected chi connectivity index (χ2v) is 7.54. The second-order valence-electron chi connectivity index (χ2n) is 7.54. The van der Waals surface area contributed by atoms with E-state index in [0.717, 1.165) is 0 Å². The maximum absolute atomic E-state index is 12.3. The lowest BCUT2D eigenvalue weighted by Crippen LogP contribution is -2.44. The summed E-state index contributed by atoms with van der Waals surface area (Å²) in [6.45, 7) is 4.27. The fourth-order valence-corrected chi connectivity index (χ4v) is 2.13. The van der Waals surface area contributed by atoms with Gasteiger partial charge in [0.05, 0.1) is 12.1 Å². The van der Waals surface area contributed by atoms with Crippen LogP contribution in [0.4, 0.5) is 0 Å². The average molecular weight is 452 g/mol. The molecule has 0 fully saturated rings. The normalized spacial score (nSPS) is 11.7. The minimum atomic E-state index is -1.24. The van der Waals surface area contributed by atoms with Gasteiger partial charge in [0.25, 0.3) is 0 Å². The molecule has 1 rings (SSSR count). The fraction of sp³-hybridized carbons (Fsp3) is 0.450. The highest BCUT2D eigenvalue weighted by Gasteiger charge is 2.25. The van der Waals surface area contributed by atoms with Gasteiger partial charge in [-0.15, -0.1) is 11.0 Å². The van der Waals surface area contributed by atoms with Crippen molar-refractivity contribution in [3.05, 3.63) is 35.9 Å². The summed E-state index contributed by atoms with van der Waals surface area (Å²) in [6, 6.07) is 6.79. The van der Waals surface area contributed by atoms with Crippen molar-refractivity contribution in [3.63, 3.8) is 0 Å². The molecule has 0 bridgehead atoms. The Kier molecular flexibility index (Phi) is 10.8. The molecule has 1 atom stereocenters. The van der Waals surface area contributed by atoms with E-state index in [-0.39, 0.29) is 24.9 Å². The zero-order valence-corrected chi connectivity index (χ0v) is 18.1. The molecule has 12 nitrogen and oxygen atoms in total. The molecule has 12 heteroatoms. The van der Waals surface area contributed by atoms with Crippen molar-refractivity contribution < 1.29 is 38.4 Å². The van der Waals surface area contributed by atoms with Gasteiger partial charge in [0.2, 0.25) is 11.8 Å². The summed E-state index contributed by atoms with van der Waals surface area (Å²) in [5.74, 6) is -3.64. The number of benzene rings is 1. The lowest BCUT2D eigenvalue weighted by atomic mass is 10.1. The number of nitrogens with one attached hydrogen (secondary N) is 3. The Bertz CT molecular complexity index is 808. The van der Waals surface area contributed by atoms with Crippen LogP contribution in [0, 0.1) is 0 Å². The largest absolute Gasteiger partial charge is 0.460 e. The molecule has 5 N–H and O–H groups in total. The number of ether oxygens (including phenoxy) is 1. The first-order valence-electron chi connectivity index (χ1n) is 9.70. The molecular weight excluding hydrogens is 424 g/mol. The van der Waals surface area contributed by atoms with E-state index < -0.39 is 47.9 Å². The van der Waals surface area contributed by atoms with Crippen LogP contribution in [0.5, 0.6) is 0 Å². The summed E-state index contributed by atoms with van der Waals surface area (Å²) in [4.78, 5) is 68.2. The molecule has 0 heterocycles. The molecule has 0 aliphatic carbocycles. The van der Waals surface area contributed by atoms with Crippen LogP contribution in [0.15, 0.2) is 30.3 Å². The van der Waals surface area contributed by atoms with Crippen LogP contribution >= 0.6 is 0 Å². The Morgan fingerprint density at radius 2 is 1.66 bits per heavy atom. The molecule has 0 spiro atoms. The van der Waals surface area contributed by atoms with Crippen molar-refractivity contribution in [2.75, 3.05) is 13.1 Å². The summed E-state index contributed by atoms with van der Waals surface area (Å²) in [6.07, 6.45) is -0.294. The van der Waals surface area contributed by atoms with E-state index in [4.69, 9.17) is 20.1 Å². The van der Waals surface area contributed by atoms with Crippen LogP contribution < -0.4 is 22.0 Å². The van der Waals surface area contributed by atoms with E-state index in [0.29, 0.717) is 0 Å². The van der Waals surface area contributed by atoms with Gasteiger partial charge < -0.3 is 25.5 Å². The number of rotatable bonds is 12. The number of hydrogen-bond donors (Lipinski definition) is 4. The van der Waals surface area contributed by atoms with Gasteiger partial charge in [-0.25, -0.2) is 9.59 Å². The molecule has 0 saturated heterocycles. The Morgan fingerprint density at radius 1 is 1.00 bits per heavy atom. The maximum atomic E-state index is 12.3. The van der Waals surface area contributed by atoms with Crippen LogP contribution in [0.1, 0.15) is 44.0 Å². The minimum absolute atomic E-state index is 0.120. The fourth-order valence-electron chi connectivity index (χ4n) is 2.13. The minimum Gasteiger partial charge on any atom is -0.460 e. The van der Waals surface area contributed by atoms with Gasteiger partial charge in [0.15, 0.2) is 0 Å². The van der Waals surface area contributed by atoms with Crippen molar-refractivity contribution in [1.29, 1.82) is 0 Å². The Balaban J connectivity index is 2.63. The average Bonchev–Trinajstić information content (AvgIpc) is 2.71. The van der Waals surface area contributed by atoms with Gasteiger partial charge in [0.1, 0.15) is 18.2 Å². The topological polar surface area (TPSA) is 175 Å². The number of nitrogens with two attached hydrogens (primary N) is 1. The number of hydroxylamine groups is 2. The molecule has 0 saturated carbocycles. The second kappa shape index (κ2) is 13.0. The van der Waals surface area contributed by atoms with Gasteiger partial charge >= 0.3 is 17.9 Å². The first-order chi connectivity index (χ1) is 15.0. The van der Waals surface area contributed by atoms with Crippen molar-refractivity contribution in [2.45, 2.75) is 45.3 Å². The standard InChI is InChI=1S/C20H28N4O8/c1-20(2,3)30-17(27)10-9-14(24-32-18(28)13-7-5-4-6-8-13)19(29)31-23-12-16(26)22-11-15(21)25/h4-8,14,23-24H,9-12H2,1-3H3,(H2,21,25)(H,22,26). The van der Waals surface area contributed by atoms with Crippen LogP contribution in [-0.2, 0) is 33.6 Å². The Labute approximate surface area is 185 Å². The molecule has 0 aliphatic rings. The molecule has 32 heavy (non-hydrogen) atoms. The van der Waals surface area contributed by atoms with Crippen molar-refractivity contribution >= 4 is 29.7 Å². The molecular formula is C20H28N4O8. The first kappa shape index (κ1) is 26.5. The number of hydrogen-bond acceptors (Lipinski definition) is 10. The number of amides is 2. The molecule has 1 aromatic rings. The summed E-state index contributed by atoms with van der Waals surface area (Å²) in [7, 11) is 0.